The first kappa shape index (κ1) is 23.8. The van der Waals surface area contributed by atoms with Gasteiger partial charge < -0.3 is 15.1 Å². The van der Waals surface area contributed by atoms with E-state index in [4.69, 9.17) is 4.98 Å². The molecule has 5 rings (SSSR count). The van der Waals surface area contributed by atoms with E-state index in [0.29, 0.717) is 5.82 Å². The van der Waals surface area contributed by atoms with Crippen LogP contribution in [0.2, 0.25) is 0 Å². The van der Waals surface area contributed by atoms with Crippen molar-refractivity contribution in [2.45, 2.75) is 39.7 Å². The predicted molar refractivity (Wildman–Crippen MR) is 142 cm³/mol. The topological polar surface area (TPSA) is 69.5 Å². The molecule has 0 radical (unpaired) electrons. The lowest BCUT2D eigenvalue weighted by molar-refractivity contribution is -0.114. The molecule has 0 spiro atoms. The standard InChI is InChI=1S/C27H37N7O/c1-4-32-12-14-34(15-13-32)27-23-9-8-21(16-22(23)17-26(30-27)29-20(2)35)24-18-28-31(3)25(24)19-33-10-6-5-7-11-33/h8-9,16-18H,4-7,10-15,19H2,1-3H3,(H,29,30,35). The highest BCUT2D eigenvalue weighted by molar-refractivity contribution is 5.99. The van der Waals surface area contributed by atoms with Crippen molar-refractivity contribution in [2.24, 2.45) is 7.05 Å². The van der Waals surface area contributed by atoms with Crippen LogP contribution in [0.15, 0.2) is 30.5 Å². The number of aromatic nitrogens is 3. The molecule has 1 amide bonds. The molecular formula is C27H37N7O. The number of pyridine rings is 1. The van der Waals surface area contributed by atoms with Gasteiger partial charge in [-0.15, -0.1) is 0 Å². The second kappa shape index (κ2) is 10.3. The van der Waals surface area contributed by atoms with Gasteiger partial charge in [-0.05, 0) is 55.6 Å². The Morgan fingerprint density at radius 1 is 1.00 bits per heavy atom. The summed E-state index contributed by atoms with van der Waals surface area (Å²) in [6, 6.07) is 8.61. The normalized spacial score (nSPS) is 17.7. The number of amides is 1. The second-order valence-corrected chi connectivity index (χ2v) is 9.83. The van der Waals surface area contributed by atoms with Crippen LogP contribution in [0.1, 0.15) is 38.8 Å². The van der Waals surface area contributed by atoms with E-state index in [0.717, 1.165) is 74.5 Å². The summed E-state index contributed by atoms with van der Waals surface area (Å²) in [5, 5.41) is 9.73. The average molecular weight is 476 g/mol. The van der Waals surface area contributed by atoms with Crippen molar-refractivity contribution < 1.29 is 4.79 Å². The molecule has 2 aromatic heterocycles. The Bertz CT molecular complexity index is 1190. The molecule has 2 aliphatic rings. The van der Waals surface area contributed by atoms with E-state index in [9.17, 15) is 4.79 Å². The third-order valence-corrected chi connectivity index (χ3v) is 7.43. The molecule has 3 aromatic rings. The minimum atomic E-state index is -0.106. The van der Waals surface area contributed by atoms with Gasteiger partial charge in [-0.25, -0.2) is 4.98 Å². The summed E-state index contributed by atoms with van der Waals surface area (Å²) in [5.74, 6) is 1.45. The number of rotatable bonds is 6. The number of hydrogen-bond acceptors (Lipinski definition) is 6. The zero-order chi connectivity index (χ0) is 24.4. The molecule has 0 atom stereocenters. The maximum atomic E-state index is 11.9. The number of carbonyl (C=O) groups excluding carboxylic acids is 1. The van der Waals surface area contributed by atoms with Crippen LogP contribution in [0.3, 0.4) is 0 Å². The van der Waals surface area contributed by atoms with Crippen LogP contribution in [0.4, 0.5) is 11.6 Å². The molecule has 2 fully saturated rings. The zero-order valence-corrected chi connectivity index (χ0v) is 21.3. The smallest absolute Gasteiger partial charge is 0.222 e. The largest absolute Gasteiger partial charge is 0.353 e. The molecule has 0 unspecified atom stereocenters. The Morgan fingerprint density at radius 2 is 1.77 bits per heavy atom. The molecule has 0 aliphatic carbocycles. The van der Waals surface area contributed by atoms with Crippen LogP contribution in [0, 0.1) is 0 Å². The maximum Gasteiger partial charge on any atom is 0.222 e. The Morgan fingerprint density at radius 3 is 2.49 bits per heavy atom. The Balaban J connectivity index is 1.52. The van der Waals surface area contributed by atoms with Crippen LogP contribution in [-0.2, 0) is 18.4 Å². The van der Waals surface area contributed by atoms with Gasteiger partial charge in [0.05, 0.1) is 11.9 Å². The average Bonchev–Trinajstić information content (AvgIpc) is 3.23. The summed E-state index contributed by atoms with van der Waals surface area (Å²) >= 11 is 0. The molecule has 0 saturated carbocycles. The number of nitrogens with zero attached hydrogens (tertiary/aromatic N) is 6. The highest BCUT2D eigenvalue weighted by Gasteiger charge is 2.21. The molecule has 8 nitrogen and oxygen atoms in total. The van der Waals surface area contributed by atoms with E-state index < -0.39 is 0 Å². The number of piperidine rings is 1. The maximum absolute atomic E-state index is 11.9. The lowest BCUT2D eigenvalue weighted by atomic mass is 10.0. The number of benzene rings is 1. The number of nitrogens with one attached hydrogen (secondary N) is 1. The van der Waals surface area contributed by atoms with Crippen molar-refractivity contribution in [1.29, 1.82) is 0 Å². The van der Waals surface area contributed by atoms with Crippen LogP contribution in [0.25, 0.3) is 21.9 Å². The first-order valence-electron chi connectivity index (χ1n) is 12.9. The monoisotopic (exact) mass is 475 g/mol. The van der Waals surface area contributed by atoms with Gasteiger partial charge in [0.25, 0.3) is 0 Å². The van der Waals surface area contributed by atoms with Gasteiger partial charge in [-0.3, -0.25) is 14.4 Å². The van der Waals surface area contributed by atoms with Crippen molar-refractivity contribution in [3.05, 3.63) is 36.2 Å². The minimum Gasteiger partial charge on any atom is -0.353 e. The lowest BCUT2D eigenvalue weighted by Gasteiger charge is -2.35. The van der Waals surface area contributed by atoms with Gasteiger partial charge in [0.15, 0.2) is 0 Å². The summed E-state index contributed by atoms with van der Waals surface area (Å²) in [5.41, 5.74) is 3.58. The minimum absolute atomic E-state index is 0.106. The Kier molecular flexibility index (Phi) is 7.02. The Hall–Kier alpha value is -2.97. The molecule has 186 valence electrons. The number of likely N-dealkylation sites (tertiary alicyclic amines) is 1. The summed E-state index contributed by atoms with van der Waals surface area (Å²) in [7, 11) is 2.04. The fourth-order valence-electron chi connectivity index (χ4n) is 5.39. The van der Waals surface area contributed by atoms with Gasteiger partial charge in [-0.1, -0.05) is 25.5 Å². The number of aryl methyl sites for hydroxylation is 1. The van der Waals surface area contributed by atoms with E-state index in [-0.39, 0.29) is 5.91 Å². The summed E-state index contributed by atoms with van der Waals surface area (Å²) in [6.45, 7) is 12.0. The Labute approximate surface area is 207 Å². The van der Waals surface area contributed by atoms with Crippen LogP contribution in [-0.4, -0.2) is 76.3 Å². The van der Waals surface area contributed by atoms with Gasteiger partial charge >= 0.3 is 0 Å². The van der Waals surface area contributed by atoms with Crippen molar-refractivity contribution in [1.82, 2.24) is 24.6 Å². The van der Waals surface area contributed by atoms with Crippen LogP contribution < -0.4 is 10.2 Å². The quantitative estimate of drug-likeness (QED) is 0.586. The van der Waals surface area contributed by atoms with Gasteiger partial charge in [0.2, 0.25) is 5.91 Å². The van der Waals surface area contributed by atoms with Crippen LogP contribution in [0.5, 0.6) is 0 Å². The number of carbonyl (C=O) groups is 1. The van der Waals surface area contributed by atoms with Gasteiger partial charge in [-0.2, -0.15) is 5.10 Å². The predicted octanol–water partition coefficient (Wildman–Crippen LogP) is 3.72. The van der Waals surface area contributed by atoms with Crippen LogP contribution >= 0.6 is 0 Å². The van der Waals surface area contributed by atoms with Gasteiger partial charge in [0.1, 0.15) is 11.6 Å². The van der Waals surface area contributed by atoms with E-state index in [2.05, 4.69) is 50.2 Å². The molecule has 2 aliphatic heterocycles. The third-order valence-electron chi connectivity index (χ3n) is 7.43. The lowest BCUT2D eigenvalue weighted by Crippen LogP contribution is -2.46. The first-order valence-corrected chi connectivity index (χ1v) is 12.9. The van der Waals surface area contributed by atoms with E-state index in [1.807, 2.05) is 24.0 Å². The third kappa shape index (κ3) is 5.18. The molecule has 35 heavy (non-hydrogen) atoms. The number of fused-ring (bicyclic) bond motifs is 1. The van der Waals surface area contributed by atoms with Crippen molar-refractivity contribution in [3.63, 3.8) is 0 Å². The highest BCUT2D eigenvalue weighted by atomic mass is 16.1. The number of likely N-dealkylation sites (N-methyl/N-ethyl adjacent to an activating group) is 1. The molecular weight excluding hydrogens is 438 g/mol. The van der Waals surface area contributed by atoms with Crippen molar-refractivity contribution >= 4 is 28.3 Å². The number of hydrogen-bond donors (Lipinski definition) is 1. The van der Waals surface area contributed by atoms with E-state index >= 15 is 0 Å². The highest BCUT2D eigenvalue weighted by Crippen LogP contribution is 2.33. The van der Waals surface area contributed by atoms with E-state index in [1.54, 1.807) is 0 Å². The number of anilines is 2. The summed E-state index contributed by atoms with van der Waals surface area (Å²) in [6.07, 6.45) is 5.87. The number of piperazine rings is 1. The molecule has 0 bridgehead atoms. The fourth-order valence-corrected chi connectivity index (χ4v) is 5.39. The molecule has 8 heteroatoms. The molecule has 4 heterocycles. The zero-order valence-electron chi connectivity index (χ0n) is 21.3. The van der Waals surface area contributed by atoms with Crippen molar-refractivity contribution in [3.8, 4) is 11.1 Å². The molecule has 2 saturated heterocycles. The van der Waals surface area contributed by atoms with Crippen molar-refractivity contribution in [2.75, 3.05) is 56.0 Å². The molecule has 1 aromatic carbocycles. The fraction of sp³-hybridized carbons (Fsp3) is 0.519. The summed E-state index contributed by atoms with van der Waals surface area (Å²) in [4.78, 5) is 24.1. The van der Waals surface area contributed by atoms with Gasteiger partial charge in [0, 0.05) is 57.6 Å². The summed E-state index contributed by atoms with van der Waals surface area (Å²) < 4.78 is 2.02. The first-order chi connectivity index (χ1) is 17.0. The SMILES string of the molecule is CCN1CCN(c2nc(NC(C)=O)cc3cc(-c4cnn(C)c4CN4CCCCC4)ccc23)CC1. The molecule has 1 N–H and O–H groups in total. The second-order valence-electron chi connectivity index (χ2n) is 9.83. The van der Waals surface area contributed by atoms with E-state index in [1.165, 1.54) is 37.4 Å².